The summed E-state index contributed by atoms with van der Waals surface area (Å²) in [4.78, 5) is 37.6. The third-order valence-electron chi connectivity index (χ3n) is 8.69. The van der Waals surface area contributed by atoms with Gasteiger partial charge in [-0.05, 0) is 96.3 Å². The molecule has 1 unspecified atom stereocenters. The third-order valence-corrected chi connectivity index (χ3v) is 8.69. The molecule has 0 radical (unpaired) electrons. The van der Waals surface area contributed by atoms with Crippen molar-refractivity contribution < 1.29 is 28.6 Å². The molecule has 53 heavy (non-hydrogen) atoms. The first kappa shape index (κ1) is 49.9. The number of rotatable bonds is 37. The summed E-state index contributed by atoms with van der Waals surface area (Å²) in [6, 6.07) is 0. The Morgan fingerprint density at radius 2 is 0.811 bits per heavy atom. The van der Waals surface area contributed by atoms with Crippen LogP contribution in [0.15, 0.2) is 72.9 Å². The normalized spacial score (nSPS) is 12.7. The van der Waals surface area contributed by atoms with Crippen molar-refractivity contribution in [3.8, 4) is 0 Å². The number of allylic oxidation sites excluding steroid dienone is 12. The molecule has 302 valence electrons. The van der Waals surface area contributed by atoms with Crippen LogP contribution in [0.1, 0.15) is 188 Å². The lowest BCUT2D eigenvalue weighted by Crippen LogP contribution is -2.30. The van der Waals surface area contributed by atoms with Gasteiger partial charge < -0.3 is 14.2 Å². The van der Waals surface area contributed by atoms with Crippen molar-refractivity contribution in [2.75, 3.05) is 13.2 Å². The summed E-state index contributed by atoms with van der Waals surface area (Å²) in [6.45, 7) is 6.34. The lowest BCUT2D eigenvalue weighted by atomic mass is 10.1. The molecule has 6 heteroatoms. The van der Waals surface area contributed by atoms with Gasteiger partial charge in [0, 0.05) is 19.3 Å². The Hall–Kier alpha value is -3.15. The van der Waals surface area contributed by atoms with Crippen LogP contribution >= 0.6 is 0 Å². The van der Waals surface area contributed by atoms with Crippen LogP contribution in [0, 0.1) is 0 Å². The molecule has 0 saturated heterocycles. The predicted octanol–water partition coefficient (Wildman–Crippen LogP) is 13.5. The van der Waals surface area contributed by atoms with E-state index in [9.17, 15) is 14.4 Å². The highest BCUT2D eigenvalue weighted by Crippen LogP contribution is 2.12. The van der Waals surface area contributed by atoms with Crippen LogP contribution in [-0.4, -0.2) is 37.2 Å². The van der Waals surface area contributed by atoms with Crippen LogP contribution in [-0.2, 0) is 28.6 Å². The number of carbonyl (C=O) groups is 3. The molecule has 0 N–H and O–H groups in total. The van der Waals surface area contributed by atoms with E-state index in [0.717, 1.165) is 103 Å². The van der Waals surface area contributed by atoms with E-state index in [-0.39, 0.29) is 31.1 Å². The highest BCUT2D eigenvalue weighted by atomic mass is 16.6. The van der Waals surface area contributed by atoms with Crippen molar-refractivity contribution in [2.45, 2.75) is 194 Å². The molecule has 6 nitrogen and oxygen atoms in total. The maximum Gasteiger partial charge on any atom is 0.306 e. The third kappa shape index (κ3) is 39.9. The van der Waals surface area contributed by atoms with Crippen molar-refractivity contribution in [3.63, 3.8) is 0 Å². The summed E-state index contributed by atoms with van der Waals surface area (Å²) in [5.41, 5.74) is 0. The molecule has 0 amide bonds. The minimum atomic E-state index is -0.802. The average Bonchev–Trinajstić information content (AvgIpc) is 3.15. The van der Waals surface area contributed by atoms with E-state index in [1.165, 1.54) is 44.9 Å². The van der Waals surface area contributed by atoms with Gasteiger partial charge in [-0.15, -0.1) is 0 Å². The quantitative estimate of drug-likeness (QED) is 0.0208. The van der Waals surface area contributed by atoms with E-state index in [2.05, 4.69) is 93.7 Å². The van der Waals surface area contributed by atoms with E-state index >= 15 is 0 Å². The van der Waals surface area contributed by atoms with Gasteiger partial charge in [0.25, 0.3) is 0 Å². The zero-order valence-corrected chi connectivity index (χ0v) is 34.3. The van der Waals surface area contributed by atoms with Gasteiger partial charge in [-0.25, -0.2) is 0 Å². The van der Waals surface area contributed by atoms with Crippen LogP contribution in [0.3, 0.4) is 0 Å². The molecular weight excluding hydrogens is 661 g/mol. The number of carbonyl (C=O) groups excluding carboxylic acids is 3. The summed E-state index contributed by atoms with van der Waals surface area (Å²) in [5, 5.41) is 0. The first-order valence-electron chi connectivity index (χ1n) is 21.5. The topological polar surface area (TPSA) is 78.9 Å². The number of hydrogen-bond donors (Lipinski definition) is 0. The first-order chi connectivity index (χ1) is 26.0. The Bertz CT molecular complexity index is 1030. The molecule has 0 aliphatic heterocycles. The van der Waals surface area contributed by atoms with Gasteiger partial charge in [-0.3, -0.25) is 14.4 Å². The zero-order chi connectivity index (χ0) is 38.7. The van der Waals surface area contributed by atoms with Gasteiger partial charge in [0.15, 0.2) is 6.10 Å². The van der Waals surface area contributed by atoms with Crippen LogP contribution in [0.2, 0.25) is 0 Å². The Labute approximate surface area is 325 Å². The van der Waals surface area contributed by atoms with Gasteiger partial charge >= 0.3 is 17.9 Å². The summed E-state index contributed by atoms with van der Waals surface area (Å²) in [6.07, 6.45) is 50.3. The number of unbranched alkanes of at least 4 members (excludes halogenated alkanes) is 15. The predicted molar refractivity (Wildman–Crippen MR) is 224 cm³/mol. The Balaban J connectivity index is 4.51. The Morgan fingerprint density at radius 1 is 0.415 bits per heavy atom. The maximum atomic E-state index is 12.7. The van der Waals surface area contributed by atoms with Crippen LogP contribution < -0.4 is 0 Å². The second kappa shape index (κ2) is 41.6. The fourth-order valence-corrected chi connectivity index (χ4v) is 5.42. The highest BCUT2D eigenvalue weighted by molar-refractivity contribution is 5.71. The number of hydrogen-bond acceptors (Lipinski definition) is 6. The molecular formula is C47H78O6. The van der Waals surface area contributed by atoms with E-state index in [4.69, 9.17) is 14.2 Å². The Kier molecular flexibility index (Phi) is 39.1. The molecule has 0 bridgehead atoms. The molecule has 0 aliphatic carbocycles. The minimum absolute atomic E-state index is 0.106. The van der Waals surface area contributed by atoms with Crippen molar-refractivity contribution in [1.82, 2.24) is 0 Å². The van der Waals surface area contributed by atoms with E-state index in [1.54, 1.807) is 0 Å². The largest absolute Gasteiger partial charge is 0.462 e. The second-order valence-corrected chi connectivity index (χ2v) is 13.9. The maximum absolute atomic E-state index is 12.7. The molecule has 0 aromatic heterocycles. The first-order valence-corrected chi connectivity index (χ1v) is 21.5. The summed E-state index contributed by atoms with van der Waals surface area (Å²) < 4.78 is 16.6. The van der Waals surface area contributed by atoms with Gasteiger partial charge in [0.05, 0.1) is 0 Å². The molecule has 0 spiro atoms. The summed E-state index contributed by atoms with van der Waals surface area (Å²) in [7, 11) is 0. The van der Waals surface area contributed by atoms with Crippen molar-refractivity contribution >= 4 is 17.9 Å². The molecule has 0 heterocycles. The second-order valence-electron chi connectivity index (χ2n) is 13.9. The van der Waals surface area contributed by atoms with E-state index < -0.39 is 6.10 Å². The Morgan fingerprint density at radius 3 is 1.40 bits per heavy atom. The molecule has 0 aromatic rings. The molecule has 1 atom stereocenters. The van der Waals surface area contributed by atoms with E-state index in [1.807, 2.05) is 0 Å². The highest BCUT2D eigenvalue weighted by Gasteiger charge is 2.19. The van der Waals surface area contributed by atoms with Crippen LogP contribution in [0.5, 0.6) is 0 Å². The molecule has 0 rings (SSSR count). The zero-order valence-electron chi connectivity index (χ0n) is 34.3. The van der Waals surface area contributed by atoms with Crippen molar-refractivity contribution in [3.05, 3.63) is 72.9 Å². The van der Waals surface area contributed by atoms with Gasteiger partial charge in [-0.2, -0.15) is 0 Å². The lowest BCUT2D eigenvalue weighted by Gasteiger charge is -2.18. The number of esters is 3. The monoisotopic (exact) mass is 739 g/mol. The summed E-state index contributed by atoms with van der Waals surface area (Å²) in [5.74, 6) is -0.991. The smallest absolute Gasteiger partial charge is 0.306 e. The van der Waals surface area contributed by atoms with Crippen LogP contribution in [0.25, 0.3) is 0 Å². The SMILES string of the molecule is CC/C=C\C/C=C\C/C=C\CCCCC(=O)OCC(COC(=O)CCCCC/C=C\C=C/CCCC)OC(=O)CCCCCCC/C=C\CCCCC. The number of ether oxygens (including phenoxy) is 3. The van der Waals surface area contributed by atoms with Gasteiger partial charge in [-0.1, -0.05) is 145 Å². The molecule has 0 saturated carbocycles. The van der Waals surface area contributed by atoms with Crippen molar-refractivity contribution in [2.24, 2.45) is 0 Å². The van der Waals surface area contributed by atoms with Crippen molar-refractivity contribution in [1.29, 1.82) is 0 Å². The molecule has 0 aromatic carbocycles. The molecule has 0 fully saturated rings. The van der Waals surface area contributed by atoms with Gasteiger partial charge in [0.1, 0.15) is 13.2 Å². The van der Waals surface area contributed by atoms with Gasteiger partial charge in [0.2, 0.25) is 0 Å². The fourth-order valence-electron chi connectivity index (χ4n) is 5.42. The van der Waals surface area contributed by atoms with Crippen LogP contribution in [0.4, 0.5) is 0 Å². The lowest BCUT2D eigenvalue weighted by molar-refractivity contribution is -0.167. The standard InChI is InChI=1S/C47H78O6/c1-4-7-10-13-16-19-22-25-28-31-34-37-40-46(49)52-43-44(42-51-45(48)39-36-33-30-27-24-21-18-15-12-9-6-3)53-47(50)41-38-35-32-29-26-23-20-17-14-11-8-5-2/h7,10,15-21,24-25,28,44H,4-6,8-9,11-14,22-23,26-27,29-43H2,1-3H3/b10-7-,18-15-,19-16-,20-17-,24-21-,28-25-. The average molecular weight is 739 g/mol. The summed E-state index contributed by atoms with van der Waals surface area (Å²) >= 11 is 0. The minimum Gasteiger partial charge on any atom is -0.462 e. The fraction of sp³-hybridized carbons (Fsp3) is 0.681. The molecule has 0 aliphatic rings. The van der Waals surface area contributed by atoms with E-state index in [0.29, 0.717) is 19.3 Å².